The predicted octanol–water partition coefficient (Wildman–Crippen LogP) is 5.09. The lowest BCUT2D eigenvalue weighted by molar-refractivity contribution is 0.0914. The van der Waals surface area contributed by atoms with Gasteiger partial charge in [0.05, 0.1) is 16.3 Å². The summed E-state index contributed by atoms with van der Waals surface area (Å²) in [5, 5.41) is 0.443. The zero-order chi connectivity index (χ0) is 25.1. The molecule has 0 N–H and O–H groups in total. The molecule has 1 aromatic carbocycles. The lowest BCUT2D eigenvalue weighted by Gasteiger charge is -2.37. The van der Waals surface area contributed by atoms with Crippen LogP contribution >= 0.6 is 19.0 Å². The molecule has 36 heavy (non-hydrogen) atoms. The van der Waals surface area contributed by atoms with Crippen LogP contribution in [0, 0.1) is 0 Å². The Morgan fingerprint density at radius 3 is 2.22 bits per heavy atom. The molecule has 2 saturated carbocycles. The SMILES string of the molecule is CP=S(=O)(c1ccc(Oc2cc(OC3CC4CC[C@@H](C3)N4S(=O)(=O)C3CC3)ncn2)c(Cl)c1)C1CC1. The van der Waals surface area contributed by atoms with Crippen LogP contribution in [0.4, 0.5) is 0 Å². The van der Waals surface area contributed by atoms with Gasteiger partial charge in [-0.05, 0) is 70.7 Å². The van der Waals surface area contributed by atoms with Crippen LogP contribution in [0.3, 0.4) is 0 Å². The molecular formula is C24H29ClN3O5PS2. The van der Waals surface area contributed by atoms with Crippen LogP contribution in [0.25, 0.3) is 0 Å². The molecule has 2 bridgehead atoms. The molecule has 2 saturated heterocycles. The van der Waals surface area contributed by atoms with Crippen LogP contribution in [-0.4, -0.2) is 62.3 Å². The third-order valence-corrected chi connectivity index (χ3v) is 16.3. The molecule has 1 aromatic heterocycles. The molecule has 2 aromatic rings. The van der Waals surface area contributed by atoms with E-state index in [9.17, 15) is 12.6 Å². The van der Waals surface area contributed by atoms with Gasteiger partial charge in [0, 0.05) is 44.2 Å². The Bertz CT molecular complexity index is 1390. The first-order valence-electron chi connectivity index (χ1n) is 12.4. The van der Waals surface area contributed by atoms with E-state index in [1.165, 1.54) is 6.33 Å². The van der Waals surface area contributed by atoms with Crippen LogP contribution < -0.4 is 9.47 Å². The number of sulfonamides is 1. The monoisotopic (exact) mass is 569 g/mol. The van der Waals surface area contributed by atoms with Crippen LogP contribution in [0.2, 0.25) is 5.02 Å². The first-order valence-corrected chi connectivity index (χ1v) is 17.9. The second-order valence-corrected chi connectivity index (χ2v) is 17.9. The first kappa shape index (κ1) is 24.9. The van der Waals surface area contributed by atoms with Gasteiger partial charge in [-0.3, -0.25) is 4.21 Å². The number of rotatable bonds is 8. The number of nitrogens with zero attached hydrogens (tertiary/aromatic N) is 3. The summed E-state index contributed by atoms with van der Waals surface area (Å²) in [4.78, 5) is 9.20. The maximum absolute atomic E-state index is 13.4. The highest BCUT2D eigenvalue weighted by Gasteiger charge is 2.52. The Morgan fingerprint density at radius 1 is 0.944 bits per heavy atom. The van der Waals surface area contributed by atoms with E-state index >= 15 is 0 Å². The summed E-state index contributed by atoms with van der Waals surface area (Å²) >= 11 is 6.50. The van der Waals surface area contributed by atoms with Crippen molar-refractivity contribution in [3.63, 3.8) is 0 Å². The molecule has 12 heteroatoms. The minimum atomic E-state index is -3.18. The molecule has 4 aliphatic rings. The van der Waals surface area contributed by atoms with Crippen molar-refractivity contribution in [1.29, 1.82) is 0 Å². The molecule has 0 radical (unpaired) electrons. The Morgan fingerprint density at radius 2 is 1.61 bits per heavy atom. The molecule has 3 unspecified atom stereocenters. The van der Waals surface area contributed by atoms with Gasteiger partial charge in [0.25, 0.3) is 0 Å². The van der Waals surface area contributed by atoms with Gasteiger partial charge < -0.3 is 9.47 Å². The number of halogens is 1. The van der Waals surface area contributed by atoms with Gasteiger partial charge in [0.1, 0.15) is 18.2 Å². The second-order valence-electron chi connectivity index (χ2n) is 10.0. The summed E-state index contributed by atoms with van der Waals surface area (Å²) in [7, 11) is -4.43. The van der Waals surface area contributed by atoms with Crippen molar-refractivity contribution >= 4 is 38.1 Å². The highest BCUT2D eigenvalue weighted by molar-refractivity contribution is 8.25. The van der Waals surface area contributed by atoms with E-state index in [2.05, 4.69) is 9.97 Å². The average molecular weight is 570 g/mol. The predicted molar refractivity (Wildman–Crippen MR) is 140 cm³/mol. The van der Waals surface area contributed by atoms with E-state index in [-0.39, 0.29) is 28.7 Å². The van der Waals surface area contributed by atoms with Gasteiger partial charge in [-0.1, -0.05) is 11.6 Å². The van der Waals surface area contributed by atoms with Crippen molar-refractivity contribution in [1.82, 2.24) is 14.3 Å². The van der Waals surface area contributed by atoms with Crippen molar-refractivity contribution in [2.75, 3.05) is 6.66 Å². The number of hydrogen-bond acceptors (Lipinski definition) is 7. The van der Waals surface area contributed by atoms with Crippen molar-refractivity contribution in [2.45, 2.75) is 84.9 Å². The maximum Gasteiger partial charge on any atom is 0.226 e. The van der Waals surface area contributed by atoms with E-state index in [0.717, 1.165) is 50.8 Å². The highest BCUT2D eigenvalue weighted by atomic mass is 35.5. The van der Waals surface area contributed by atoms with Crippen molar-refractivity contribution in [2.24, 2.45) is 0 Å². The fourth-order valence-corrected chi connectivity index (χ4v) is 12.7. The van der Waals surface area contributed by atoms with Crippen molar-refractivity contribution < 1.29 is 22.1 Å². The quantitative estimate of drug-likeness (QED) is 0.409. The van der Waals surface area contributed by atoms with Gasteiger partial charge in [-0.2, -0.15) is 4.31 Å². The Balaban J connectivity index is 1.13. The number of hydrogen-bond donors (Lipinski definition) is 0. The van der Waals surface area contributed by atoms with E-state index < -0.39 is 19.1 Å². The number of piperidine rings is 1. The molecule has 194 valence electrons. The average Bonchev–Trinajstić information content (AvgIpc) is 3.76. The number of aromatic nitrogens is 2. The fraction of sp³-hybridized carbons (Fsp3) is 0.583. The summed E-state index contributed by atoms with van der Waals surface area (Å²) in [6.45, 7) is 1.93. The van der Waals surface area contributed by atoms with Crippen LogP contribution in [0.5, 0.6) is 17.5 Å². The van der Waals surface area contributed by atoms with Crippen molar-refractivity contribution in [3.8, 4) is 17.5 Å². The topological polar surface area (TPSA) is 98.7 Å². The molecule has 4 fully saturated rings. The smallest absolute Gasteiger partial charge is 0.226 e. The number of ether oxygens (including phenoxy) is 2. The van der Waals surface area contributed by atoms with E-state index in [0.29, 0.717) is 35.4 Å². The minimum Gasteiger partial charge on any atom is -0.474 e. The summed E-state index contributed by atoms with van der Waals surface area (Å²) in [6.07, 6.45) is 7.92. The minimum absolute atomic E-state index is 0.00245. The van der Waals surface area contributed by atoms with E-state index in [1.54, 1.807) is 22.5 Å². The van der Waals surface area contributed by atoms with Gasteiger partial charge in [-0.15, -0.1) is 0 Å². The third-order valence-electron chi connectivity index (χ3n) is 7.47. The lowest BCUT2D eigenvalue weighted by Crippen LogP contribution is -2.50. The molecule has 2 aliphatic carbocycles. The molecule has 4 atom stereocenters. The van der Waals surface area contributed by atoms with Gasteiger partial charge in [-0.25, -0.2) is 18.4 Å². The fourth-order valence-electron chi connectivity index (χ4n) is 5.44. The summed E-state index contributed by atoms with van der Waals surface area (Å²) in [5.41, 5.74) is 0. The zero-order valence-corrected chi connectivity index (χ0v) is 23.2. The number of fused-ring (bicyclic) bond motifs is 2. The first-order chi connectivity index (χ1) is 17.3. The van der Waals surface area contributed by atoms with Gasteiger partial charge in [0.15, 0.2) is 0 Å². The van der Waals surface area contributed by atoms with Crippen molar-refractivity contribution in [3.05, 3.63) is 35.6 Å². The lowest BCUT2D eigenvalue weighted by atomic mass is 10.0. The van der Waals surface area contributed by atoms with Crippen LogP contribution in [0.15, 0.2) is 35.5 Å². The van der Waals surface area contributed by atoms with E-state index in [4.69, 9.17) is 21.1 Å². The maximum atomic E-state index is 13.4. The molecule has 0 amide bonds. The number of benzene rings is 1. The molecular weight excluding hydrogens is 541 g/mol. The standard InChI is InChI=1S/C24H29ClN3O5PS2/c1-34-35(29,18-4-5-18)20-8-9-22(21(25)12-20)33-24-13-23(26-14-27-24)32-17-10-15-2-3-16(11-17)28(15)36(30,31)19-6-7-19/h8-9,12-19H,2-7,10-11H2,1H3/t15-,16?,17?,35?/m0/s1. The summed E-state index contributed by atoms with van der Waals surface area (Å²) in [6, 6.07) is 6.94. The largest absolute Gasteiger partial charge is 0.474 e. The Hall–Kier alpha value is -1.45. The van der Waals surface area contributed by atoms with Gasteiger partial charge >= 0.3 is 0 Å². The van der Waals surface area contributed by atoms with E-state index in [1.807, 2.05) is 12.7 Å². The van der Waals surface area contributed by atoms with Crippen LogP contribution in [0.1, 0.15) is 51.4 Å². The molecule has 8 nitrogen and oxygen atoms in total. The molecule has 3 heterocycles. The molecule has 6 rings (SSSR count). The molecule has 0 spiro atoms. The summed E-state index contributed by atoms with van der Waals surface area (Å²) < 4.78 is 53.0. The second kappa shape index (κ2) is 9.38. The van der Waals surface area contributed by atoms with Gasteiger partial charge in [0.2, 0.25) is 21.8 Å². The normalized spacial score (nSPS) is 28.1. The highest BCUT2D eigenvalue weighted by Crippen LogP contribution is 2.44. The molecule has 2 aliphatic heterocycles. The Labute approximate surface area is 218 Å². The van der Waals surface area contributed by atoms with Crippen LogP contribution in [-0.2, 0) is 19.1 Å². The third kappa shape index (κ3) is 4.64. The zero-order valence-electron chi connectivity index (χ0n) is 20.0. The summed E-state index contributed by atoms with van der Waals surface area (Å²) in [5.74, 6) is 1.10. The Kier molecular flexibility index (Phi) is 6.48.